The Kier molecular flexibility index (Phi) is 7.96. The summed E-state index contributed by atoms with van der Waals surface area (Å²) in [6, 6.07) is 6.38. The van der Waals surface area contributed by atoms with Gasteiger partial charge in [0.2, 0.25) is 0 Å². The molecule has 1 saturated heterocycles. The Bertz CT molecular complexity index is 616. The molecule has 2 rings (SSSR count). The monoisotopic (exact) mass is 375 g/mol. The van der Waals surface area contributed by atoms with Gasteiger partial charge in [-0.1, -0.05) is 12.1 Å². The van der Waals surface area contributed by atoms with Gasteiger partial charge in [-0.05, 0) is 64.5 Å². The molecule has 1 N–H and O–H groups in total. The second-order valence-corrected chi connectivity index (χ2v) is 8.49. The Morgan fingerprint density at radius 2 is 2.00 bits per heavy atom. The Hall–Kier alpha value is -1.75. The number of guanidine groups is 1. The molecule has 5 heteroatoms. The van der Waals surface area contributed by atoms with Gasteiger partial charge < -0.3 is 19.7 Å². The predicted molar refractivity (Wildman–Crippen MR) is 113 cm³/mol. The summed E-state index contributed by atoms with van der Waals surface area (Å²) in [4.78, 5) is 6.67. The average molecular weight is 376 g/mol. The van der Waals surface area contributed by atoms with E-state index in [-0.39, 0.29) is 5.60 Å². The molecular weight excluding hydrogens is 338 g/mol. The van der Waals surface area contributed by atoms with Gasteiger partial charge in [-0.15, -0.1) is 0 Å². The molecule has 1 aliphatic rings. The number of aliphatic imine (C=N–C) groups is 1. The van der Waals surface area contributed by atoms with Crippen LogP contribution in [0, 0.1) is 12.8 Å². The minimum absolute atomic E-state index is 0.218. The molecule has 0 atom stereocenters. The largest absolute Gasteiger partial charge is 0.488 e. The highest BCUT2D eigenvalue weighted by atomic mass is 16.5. The highest BCUT2D eigenvalue weighted by Crippen LogP contribution is 2.25. The molecule has 0 amide bonds. The average Bonchev–Trinajstić information content (AvgIpc) is 2.61. The van der Waals surface area contributed by atoms with Crippen LogP contribution in [-0.2, 0) is 11.3 Å². The van der Waals surface area contributed by atoms with E-state index in [1.54, 1.807) is 0 Å². The SMILES string of the molecule is CN=C(NCc1ccc(C)cc1OC(C)(C)C)N(C)CCC1CCOCC1. The summed E-state index contributed by atoms with van der Waals surface area (Å²) in [5.74, 6) is 2.63. The summed E-state index contributed by atoms with van der Waals surface area (Å²) >= 11 is 0. The van der Waals surface area contributed by atoms with E-state index >= 15 is 0 Å². The first kappa shape index (κ1) is 21.5. The van der Waals surface area contributed by atoms with Crippen molar-refractivity contribution < 1.29 is 9.47 Å². The lowest BCUT2D eigenvalue weighted by Gasteiger charge is -2.27. The zero-order valence-electron chi connectivity index (χ0n) is 18.0. The number of hydrogen-bond acceptors (Lipinski definition) is 3. The van der Waals surface area contributed by atoms with Gasteiger partial charge in [-0.2, -0.15) is 0 Å². The summed E-state index contributed by atoms with van der Waals surface area (Å²) in [5, 5.41) is 3.49. The van der Waals surface area contributed by atoms with Crippen molar-refractivity contribution in [3.63, 3.8) is 0 Å². The summed E-state index contributed by atoms with van der Waals surface area (Å²) in [6.45, 7) is 11.8. The first-order valence-corrected chi connectivity index (χ1v) is 10.1. The third-order valence-electron chi connectivity index (χ3n) is 4.86. The Labute approximate surface area is 165 Å². The lowest BCUT2D eigenvalue weighted by atomic mass is 9.96. The molecule has 0 saturated carbocycles. The number of hydrogen-bond donors (Lipinski definition) is 1. The zero-order chi connectivity index (χ0) is 19.9. The Balaban J connectivity index is 1.93. The van der Waals surface area contributed by atoms with E-state index in [0.717, 1.165) is 42.9 Å². The smallest absolute Gasteiger partial charge is 0.193 e. The van der Waals surface area contributed by atoms with Crippen LogP contribution in [0.5, 0.6) is 5.75 Å². The molecule has 1 fully saturated rings. The first-order chi connectivity index (χ1) is 12.8. The van der Waals surface area contributed by atoms with E-state index in [0.29, 0.717) is 6.54 Å². The first-order valence-electron chi connectivity index (χ1n) is 10.1. The maximum atomic E-state index is 6.16. The van der Waals surface area contributed by atoms with Crippen molar-refractivity contribution in [3.05, 3.63) is 29.3 Å². The van der Waals surface area contributed by atoms with E-state index in [2.05, 4.69) is 68.2 Å². The molecular formula is C22H37N3O2. The second-order valence-electron chi connectivity index (χ2n) is 8.49. The van der Waals surface area contributed by atoms with Crippen LogP contribution >= 0.6 is 0 Å². The molecule has 0 radical (unpaired) electrons. The van der Waals surface area contributed by atoms with Crippen LogP contribution in [0.25, 0.3) is 0 Å². The van der Waals surface area contributed by atoms with E-state index < -0.39 is 0 Å². The van der Waals surface area contributed by atoms with Gasteiger partial charge in [0.25, 0.3) is 0 Å². The molecule has 0 aromatic heterocycles. The Morgan fingerprint density at radius 3 is 2.63 bits per heavy atom. The highest BCUT2D eigenvalue weighted by Gasteiger charge is 2.17. The van der Waals surface area contributed by atoms with Crippen LogP contribution in [0.2, 0.25) is 0 Å². The third-order valence-corrected chi connectivity index (χ3v) is 4.86. The number of nitrogens with zero attached hydrogens (tertiary/aromatic N) is 2. The molecule has 0 aliphatic carbocycles. The number of rotatable bonds is 6. The van der Waals surface area contributed by atoms with Crippen LogP contribution < -0.4 is 10.1 Å². The molecule has 5 nitrogen and oxygen atoms in total. The zero-order valence-corrected chi connectivity index (χ0v) is 18.0. The molecule has 0 unspecified atom stereocenters. The summed E-state index contributed by atoms with van der Waals surface area (Å²) < 4.78 is 11.6. The minimum Gasteiger partial charge on any atom is -0.488 e. The van der Waals surface area contributed by atoms with Gasteiger partial charge in [0, 0.05) is 46.0 Å². The van der Waals surface area contributed by atoms with E-state index in [1.165, 1.54) is 24.8 Å². The third kappa shape index (κ3) is 7.41. The fourth-order valence-electron chi connectivity index (χ4n) is 3.31. The van der Waals surface area contributed by atoms with Gasteiger partial charge in [-0.3, -0.25) is 4.99 Å². The molecule has 27 heavy (non-hydrogen) atoms. The maximum absolute atomic E-state index is 6.16. The molecule has 152 valence electrons. The summed E-state index contributed by atoms with van der Waals surface area (Å²) in [7, 11) is 3.95. The molecule has 1 aromatic carbocycles. The van der Waals surface area contributed by atoms with E-state index in [4.69, 9.17) is 9.47 Å². The number of ether oxygens (including phenoxy) is 2. The van der Waals surface area contributed by atoms with Crippen molar-refractivity contribution in [3.8, 4) is 5.75 Å². The van der Waals surface area contributed by atoms with Crippen LogP contribution in [-0.4, -0.2) is 50.3 Å². The topological polar surface area (TPSA) is 46.1 Å². The normalized spacial score (nSPS) is 16.3. The highest BCUT2D eigenvalue weighted by molar-refractivity contribution is 5.79. The van der Waals surface area contributed by atoms with Crippen LogP contribution in [0.3, 0.4) is 0 Å². The predicted octanol–water partition coefficient (Wildman–Crippen LogP) is 4.00. The van der Waals surface area contributed by atoms with Crippen molar-refractivity contribution >= 4 is 5.96 Å². The lowest BCUT2D eigenvalue weighted by Crippen LogP contribution is -2.39. The Morgan fingerprint density at radius 1 is 1.30 bits per heavy atom. The van der Waals surface area contributed by atoms with Crippen LogP contribution in [0.1, 0.15) is 51.2 Å². The maximum Gasteiger partial charge on any atom is 0.193 e. The van der Waals surface area contributed by atoms with Crippen molar-refractivity contribution in [2.45, 2.75) is 59.1 Å². The second kappa shape index (κ2) is 9.98. The van der Waals surface area contributed by atoms with Gasteiger partial charge in [0.05, 0.1) is 0 Å². The van der Waals surface area contributed by atoms with Gasteiger partial charge >= 0.3 is 0 Å². The fourth-order valence-corrected chi connectivity index (χ4v) is 3.31. The van der Waals surface area contributed by atoms with E-state index in [9.17, 15) is 0 Å². The molecule has 1 aromatic rings. The van der Waals surface area contributed by atoms with Crippen LogP contribution in [0.4, 0.5) is 0 Å². The van der Waals surface area contributed by atoms with Gasteiger partial charge in [0.15, 0.2) is 5.96 Å². The number of nitrogens with one attached hydrogen (secondary N) is 1. The standard InChI is InChI=1S/C22H37N3O2/c1-17-7-8-19(20(15-17)27-22(2,3)4)16-24-21(23-5)25(6)12-9-18-10-13-26-14-11-18/h7-8,15,18H,9-14,16H2,1-6H3,(H,23,24). The van der Waals surface area contributed by atoms with Crippen molar-refractivity contribution in [1.82, 2.24) is 10.2 Å². The van der Waals surface area contributed by atoms with Gasteiger partial charge in [0.1, 0.15) is 11.4 Å². The number of benzene rings is 1. The van der Waals surface area contributed by atoms with Crippen molar-refractivity contribution in [2.24, 2.45) is 10.9 Å². The molecule has 1 aliphatic heterocycles. The number of aryl methyl sites for hydroxylation is 1. The quantitative estimate of drug-likeness (QED) is 0.603. The van der Waals surface area contributed by atoms with Crippen LogP contribution in [0.15, 0.2) is 23.2 Å². The molecule has 0 spiro atoms. The molecule has 1 heterocycles. The van der Waals surface area contributed by atoms with E-state index in [1.807, 2.05) is 7.05 Å². The minimum atomic E-state index is -0.218. The summed E-state index contributed by atoms with van der Waals surface area (Å²) in [5.41, 5.74) is 2.13. The molecule has 0 bridgehead atoms. The fraction of sp³-hybridized carbons (Fsp3) is 0.682. The van der Waals surface area contributed by atoms with Gasteiger partial charge in [-0.25, -0.2) is 0 Å². The van der Waals surface area contributed by atoms with Crippen molar-refractivity contribution in [2.75, 3.05) is 33.9 Å². The summed E-state index contributed by atoms with van der Waals surface area (Å²) in [6.07, 6.45) is 3.54. The van der Waals surface area contributed by atoms with Crippen molar-refractivity contribution in [1.29, 1.82) is 0 Å². The lowest BCUT2D eigenvalue weighted by molar-refractivity contribution is 0.0625.